The summed E-state index contributed by atoms with van der Waals surface area (Å²) in [4.78, 5) is 94.0. The highest BCUT2D eigenvalue weighted by atomic mass is 35.5. The Labute approximate surface area is 602 Å². The first-order chi connectivity index (χ1) is 48.9. The van der Waals surface area contributed by atoms with Gasteiger partial charge in [-0.05, 0) is 178 Å². The Kier molecular flexibility index (Phi) is 22.2. The van der Waals surface area contributed by atoms with Crippen LogP contribution in [0.2, 0.25) is 5.02 Å². The molecule has 544 valence electrons. The van der Waals surface area contributed by atoms with Gasteiger partial charge >= 0.3 is 5.51 Å². The first kappa shape index (κ1) is 72.9. The summed E-state index contributed by atoms with van der Waals surface area (Å²) in [7, 11) is -11.0. The molecule has 6 fully saturated rings. The van der Waals surface area contributed by atoms with E-state index in [-0.39, 0.29) is 40.9 Å². The molecule has 1 aliphatic carbocycles. The van der Waals surface area contributed by atoms with Crippen LogP contribution in [0.15, 0.2) is 136 Å². The number of benzene rings is 5. The molecule has 102 heavy (non-hydrogen) atoms. The highest BCUT2D eigenvalue weighted by molar-refractivity contribution is 7.99. The molecule has 13 rings (SSSR count). The van der Waals surface area contributed by atoms with Gasteiger partial charge in [-0.1, -0.05) is 47.5 Å². The zero-order chi connectivity index (χ0) is 71.5. The number of hydrogen-bond donors (Lipinski definition) is 3. The first-order valence-corrected chi connectivity index (χ1v) is 39.4. The number of sulfonamides is 1. The minimum absolute atomic E-state index is 0.0266. The molecular formula is C73H85ClF3N11O11S3. The Bertz CT molecular complexity index is 4230. The van der Waals surface area contributed by atoms with Crippen molar-refractivity contribution in [3.05, 3.63) is 148 Å². The SMILES string of the molecule is O=C1CCC(N2C(=O)c3ccc(N4CCN(C(=O)CN5CCC(CN6CCC7(CCC(c8ccc(Cl)cc8)=C(CN8CCN(c9ccc(C(=O)NS(=O)(=O)c%10ccc(N[C@H](CCN%11CCOCC%11)CSc%11ccccc%11)c(S(=O)(=O)C(F)(F)F)c%10)cc9)CC8)C7)C6)CC5)CC4)cc3C2=O)C(=O)N1. The molecule has 8 aliphatic rings. The Morgan fingerprint density at radius 3 is 2.09 bits per heavy atom. The third kappa shape index (κ3) is 16.7. The van der Waals surface area contributed by atoms with Gasteiger partial charge in [0.2, 0.25) is 17.7 Å². The monoisotopic (exact) mass is 1480 g/mol. The maximum absolute atomic E-state index is 14.4. The quantitative estimate of drug-likeness (QED) is 0.0440. The minimum atomic E-state index is -6.10. The maximum atomic E-state index is 14.4. The number of alkyl halides is 3. The number of sulfone groups is 1. The number of nitrogens with one attached hydrogen (secondary N) is 3. The van der Waals surface area contributed by atoms with Crippen LogP contribution >= 0.6 is 23.4 Å². The van der Waals surface area contributed by atoms with E-state index in [2.05, 4.69) is 52.2 Å². The molecule has 6 amide bonds. The van der Waals surface area contributed by atoms with Gasteiger partial charge in [0, 0.05) is 137 Å². The summed E-state index contributed by atoms with van der Waals surface area (Å²) < 4.78 is 105. The fourth-order valence-corrected chi connectivity index (χ4v) is 18.8. The predicted molar refractivity (Wildman–Crippen MR) is 383 cm³/mol. The van der Waals surface area contributed by atoms with Crippen LogP contribution in [0.4, 0.5) is 30.2 Å². The average molecular weight is 1480 g/mol. The molecule has 7 heterocycles. The van der Waals surface area contributed by atoms with E-state index in [1.54, 1.807) is 30.3 Å². The van der Waals surface area contributed by atoms with E-state index >= 15 is 0 Å². The Hall–Kier alpha value is -7.41. The Morgan fingerprint density at radius 2 is 1.38 bits per heavy atom. The van der Waals surface area contributed by atoms with E-state index in [0.29, 0.717) is 108 Å². The second kappa shape index (κ2) is 31.1. The van der Waals surface area contributed by atoms with Crippen molar-refractivity contribution in [1.29, 1.82) is 0 Å². The number of likely N-dealkylation sites (tertiary alicyclic amines) is 2. The van der Waals surface area contributed by atoms with Crippen molar-refractivity contribution >= 4 is 101 Å². The molecule has 6 saturated heterocycles. The van der Waals surface area contributed by atoms with Crippen LogP contribution in [0.5, 0.6) is 0 Å². The zero-order valence-electron chi connectivity index (χ0n) is 56.7. The second-order valence-electron chi connectivity index (χ2n) is 28.1. The summed E-state index contributed by atoms with van der Waals surface area (Å²) >= 11 is 7.85. The number of allylic oxidation sites excluding steroid dienone is 1. The third-order valence-electron chi connectivity index (χ3n) is 21.5. The predicted octanol–water partition coefficient (Wildman–Crippen LogP) is 7.96. The van der Waals surface area contributed by atoms with Crippen molar-refractivity contribution in [2.45, 2.75) is 90.1 Å². The molecule has 1 spiro atoms. The number of carbonyl (C=O) groups excluding carboxylic acids is 6. The molecule has 2 unspecified atom stereocenters. The molecule has 7 aliphatic heterocycles. The van der Waals surface area contributed by atoms with Crippen molar-refractivity contribution < 1.29 is 63.5 Å². The van der Waals surface area contributed by atoms with Crippen LogP contribution in [-0.2, 0) is 39.0 Å². The number of thioether (sulfide) groups is 1. The first-order valence-electron chi connectivity index (χ1n) is 35.1. The highest BCUT2D eigenvalue weighted by Gasteiger charge is 2.50. The fraction of sp³-hybridized carbons (Fsp3) is 0.479. The van der Waals surface area contributed by atoms with Gasteiger partial charge in [0.15, 0.2) is 0 Å². The number of piperidine rings is 2. The summed E-state index contributed by atoms with van der Waals surface area (Å²) in [6, 6.07) is 29.9. The van der Waals surface area contributed by atoms with Gasteiger partial charge in [0.05, 0.1) is 41.5 Å². The summed E-state index contributed by atoms with van der Waals surface area (Å²) in [6.07, 6.45) is 6.78. The molecule has 0 radical (unpaired) electrons. The largest absolute Gasteiger partial charge is 0.501 e. The van der Waals surface area contributed by atoms with Crippen molar-refractivity contribution in [2.75, 3.05) is 152 Å². The van der Waals surface area contributed by atoms with Crippen molar-refractivity contribution in [3.8, 4) is 0 Å². The summed E-state index contributed by atoms with van der Waals surface area (Å²) in [5.74, 6) is -2.24. The number of imide groups is 2. The maximum Gasteiger partial charge on any atom is 0.501 e. The standard InChI is InChI=1S/C73H85ClF3N11O11S3/c74-54-10-6-51(7-11-54)60-20-24-72(25-29-84(49-72)45-50-21-26-82(27-22-50)47-67(90)87-36-34-86(35-37-87)57-14-16-61-62(42-57)71(94)88(70(61)93)64-18-19-66(89)79-69(64)92)44-53(60)46-83-30-32-85(33-31-83)56-12-8-52(9-13-56)68(91)80-102(97,98)59-15-17-63(65(43-59)101(95,96)73(75,76)77)78-55(23-28-81-38-40-99-41-39-81)48-100-58-4-2-1-3-5-58/h1-17,42-43,50,55,64,78H,18-41,44-49H2,(H,80,91)(H,79,89,92)/t55-,64?,72?/m1/s1. The van der Waals surface area contributed by atoms with Crippen LogP contribution in [0, 0.1) is 11.3 Å². The lowest BCUT2D eigenvalue weighted by atomic mass is 9.69. The number of hydrogen-bond acceptors (Lipinski definition) is 19. The molecule has 29 heteroatoms. The van der Waals surface area contributed by atoms with Gasteiger partial charge in [0.1, 0.15) is 10.9 Å². The Balaban J connectivity index is 0.578. The number of carbonyl (C=O) groups is 6. The molecule has 0 aromatic heterocycles. The topological polar surface area (TPSA) is 242 Å². The smallest absolute Gasteiger partial charge is 0.380 e. The van der Waals surface area contributed by atoms with Crippen LogP contribution < -0.4 is 25.2 Å². The summed E-state index contributed by atoms with van der Waals surface area (Å²) in [5.41, 5.74) is 0.00166. The summed E-state index contributed by atoms with van der Waals surface area (Å²) in [6.45, 7) is 14.0. The molecule has 5 aromatic rings. The number of rotatable bonds is 22. The number of nitrogens with zero attached hydrogens (tertiary/aromatic N) is 8. The van der Waals surface area contributed by atoms with E-state index in [9.17, 15) is 58.8 Å². The average Bonchev–Trinajstić information content (AvgIpc) is 1.33. The molecule has 5 aromatic carbocycles. The summed E-state index contributed by atoms with van der Waals surface area (Å²) in [5, 5.41) is 5.93. The van der Waals surface area contributed by atoms with Crippen LogP contribution in [-0.4, -0.2) is 236 Å². The number of halogens is 4. The van der Waals surface area contributed by atoms with Crippen molar-refractivity contribution in [2.24, 2.45) is 11.3 Å². The van der Waals surface area contributed by atoms with Gasteiger partial charge in [-0.3, -0.25) is 53.7 Å². The third-order valence-corrected chi connectivity index (χ3v) is 25.7. The zero-order valence-corrected chi connectivity index (χ0v) is 59.9. The number of amides is 6. The lowest BCUT2D eigenvalue weighted by Gasteiger charge is -2.41. The van der Waals surface area contributed by atoms with Crippen LogP contribution in [0.25, 0.3) is 5.57 Å². The van der Waals surface area contributed by atoms with E-state index in [1.807, 2.05) is 52.1 Å². The lowest BCUT2D eigenvalue weighted by molar-refractivity contribution is -0.136. The van der Waals surface area contributed by atoms with E-state index in [0.717, 1.165) is 124 Å². The second-order valence-corrected chi connectivity index (χ2v) is 33.2. The van der Waals surface area contributed by atoms with Gasteiger partial charge in [-0.2, -0.15) is 13.2 Å². The van der Waals surface area contributed by atoms with Gasteiger partial charge in [-0.25, -0.2) is 21.6 Å². The highest BCUT2D eigenvalue weighted by Crippen LogP contribution is 2.49. The molecule has 0 saturated carbocycles. The van der Waals surface area contributed by atoms with Crippen LogP contribution in [0.1, 0.15) is 94.4 Å². The number of morpholine rings is 1. The lowest BCUT2D eigenvalue weighted by Crippen LogP contribution is -2.54. The molecular weight excluding hydrogens is 1400 g/mol. The number of anilines is 3. The molecule has 3 N–H and O–H groups in total. The number of fused-ring (bicyclic) bond motifs is 1. The van der Waals surface area contributed by atoms with Gasteiger partial charge in [-0.15, -0.1) is 11.8 Å². The van der Waals surface area contributed by atoms with Crippen molar-refractivity contribution in [1.82, 2.24) is 39.4 Å². The van der Waals surface area contributed by atoms with E-state index in [4.69, 9.17) is 16.3 Å². The number of ether oxygens (including phenoxy) is 1. The number of piperazine rings is 2. The van der Waals surface area contributed by atoms with Crippen LogP contribution in [0.3, 0.4) is 0 Å². The molecule has 3 atom stereocenters. The minimum Gasteiger partial charge on any atom is -0.380 e. The fourth-order valence-electron chi connectivity index (χ4n) is 15.7. The van der Waals surface area contributed by atoms with E-state index < -0.39 is 82.5 Å². The van der Waals surface area contributed by atoms with E-state index in [1.165, 1.54) is 40.6 Å². The normalized spacial score (nSPS) is 22.2. The molecule has 0 bridgehead atoms. The molecule has 22 nitrogen and oxygen atoms in total. The van der Waals surface area contributed by atoms with Gasteiger partial charge < -0.3 is 29.7 Å². The van der Waals surface area contributed by atoms with Gasteiger partial charge in [0.25, 0.3) is 37.6 Å². The van der Waals surface area contributed by atoms with Crippen molar-refractivity contribution in [3.63, 3.8) is 0 Å². The Morgan fingerprint density at radius 1 is 0.696 bits per heavy atom.